The highest BCUT2D eigenvalue weighted by atomic mass is 32.2. The number of likely N-dealkylation sites (tertiary alicyclic amines) is 1. The Morgan fingerprint density at radius 1 is 1.42 bits per heavy atom. The molecule has 7 nitrogen and oxygen atoms in total. The molecular weight excluding hydrogens is 266 g/mol. The fourth-order valence-corrected chi connectivity index (χ4v) is 3.18. The van der Waals surface area contributed by atoms with Gasteiger partial charge in [0.2, 0.25) is 10.0 Å². The van der Waals surface area contributed by atoms with Crippen molar-refractivity contribution in [3.05, 3.63) is 11.6 Å². The number of aryl methyl sites for hydroxylation is 1. The first kappa shape index (κ1) is 14.4. The van der Waals surface area contributed by atoms with E-state index in [1.807, 2.05) is 18.5 Å². The number of sulfonamides is 1. The van der Waals surface area contributed by atoms with Crippen LogP contribution in [0.2, 0.25) is 0 Å². The van der Waals surface area contributed by atoms with Crippen LogP contribution in [-0.2, 0) is 23.6 Å². The lowest BCUT2D eigenvalue weighted by Gasteiger charge is -2.32. The summed E-state index contributed by atoms with van der Waals surface area (Å²) in [7, 11) is -1.19. The summed E-state index contributed by atoms with van der Waals surface area (Å²) in [5.41, 5.74) is 0. The minimum absolute atomic E-state index is 0.00178. The summed E-state index contributed by atoms with van der Waals surface area (Å²) in [6.45, 7) is 4.31. The van der Waals surface area contributed by atoms with Crippen LogP contribution in [0.1, 0.15) is 24.5 Å². The Bertz CT molecular complexity index is 539. The second kappa shape index (κ2) is 5.56. The molecule has 19 heavy (non-hydrogen) atoms. The molecule has 1 aliphatic rings. The van der Waals surface area contributed by atoms with Crippen LogP contribution in [0.3, 0.4) is 0 Å². The maximum Gasteiger partial charge on any atom is 0.208 e. The van der Waals surface area contributed by atoms with Gasteiger partial charge in [-0.1, -0.05) is 0 Å². The van der Waals surface area contributed by atoms with Gasteiger partial charge in [0.1, 0.15) is 11.6 Å². The van der Waals surface area contributed by atoms with E-state index in [9.17, 15) is 8.42 Å². The first-order valence-corrected chi connectivity index (χ1v) is 8.29. The lowest BCUT2D eigenvalue weighted by Crippen LogP contribution is -2.47. The maximum absolute atomic E-state index is 11.3. The Morgan fingerprint density at radius 2 is 2.16 bits per heavy atom. The molecule has 1 aromatic rings. The summed E-state index contributed by atoms with van der Waals surface area (Å²) in [6.07, 6.45) is 3.09. The van der Waals surface area contributed by atoms with E-state index in [2.05, 4.69) is 19.8 Å². The first-order chi connectivity index (χ1) is 8.85. The van der Waals surface area contributed by atoms with Gasteiger partial charge in [0.15, 0.2) is 0 Å². The van der Waals surface area contributed by atoms with E-state index >= 15 is 0 Å². The zero-order valence-corrected chi connectivity index (χ0v) is 12.4. The monoisotopic (exact) mass is 287 g/mol. The summed E-state index contributed by atoms with van der Waals surface area (Å²) in [4.78, 5) is 2.22. The number of rotatable bonds is 4. The SMILES string of the molecule is Cc1nnc(CN2CCCC(NS(C)(=O)=O)C2)n1C. The largest absolute Gasteiger partial charge is 0.317 e. The molecule has 1 N–H and O–H groups in total. The standard InChI is InChI=1S/C11H21N5O2S/c1-9-12-13-11(15(9)2)8-16-6-4-5-10(7-16)14-19(3,17)18/h10,14H,4-8H2,1-3H3. The molecule has 0 radical (unpaired) electrons. The van der Waals surface area contributed by atoms with Crippen LogP contribution in [-0.4, -0.2) is 53.5 Å². The summed E-state index contributed by atoms with van der Waals surface area (Å²) in [5.74, 6) is 1.80. The zero-order valence-electron chi connectivity index (χ0n) is 11.6. The van der Waals surface area contributed by atoms with E-state index in [1.54, 1.807) is 0 Å². The Morgan fingerprint density at radius 3 is 2.74 bits per heavy atom. The van der Waals surface area contributed by atoms with Gasteiger partial charge in [-0.05, 0) is 26.3 Å². The Kier molecular flexibility index (Phi) is 4.22. The lowest BCUT2D eigenvalue weighted by atomic mass is 10.1. The van der Waals surface area contributed by atoms with Gasteiger partial charge in [-0.3, -0.25) is 4.90 Å². The van der Waals surface area contributed by atoms with E-state index in [-0.39, 0.29) is 6.04 Å². The molecule has 1 aromatic heterocycles. The minimum Gasteiger partial charge on any atom is -0.317 e. The molecule has 0 aromatic carbocycles. The highest BCUT2D eigenvalue weighted by molar-refractivity contribution is 7.88. The Hall–Kier alpha value is -0.990. The van der Waals surface area contributed by atoms with E-state index in [1.165, 1.54) is 6.26 Å². The topological polar surface area (TPSA) is 80.1 Å². The zero-order chi connectivity index (χ0) is 14.0. The van der Waals surface area contributed by atoms with E-state index in [0.717, 1.165) is 37.6 Å². The molecule has 0 bridgehead atoms. The average Bonchev–Trinajstić information content (AvgIpc) is 2.59. The molecule has 0 saturated carbocycles. The quantitative estimate of drug-likeness (QED) is 0.818. The van der Waals surface area contributed by atoms with E-state index < -0.39 is 10.0 Å². The number of aromatic nitrogens is 3. The third kappa shape index (κ3) is 3.99. The van der Waals surface area contributed by atoms with Gasteiger partial charge in [-0.2, -0.15) is 0 Å². The predicted molar refractivity (Wildman–Crippen MR) is 72.0 cm³/mol. The first-order valence-electron chi connectivity index (χ1n) is 6.39. The van der Waals surface area contributed by atoms with Gasteiger partial charge in [0, 0.05) is 19.6 Å². The van der Waals surface area contributed by atoms with Crippen molar-refractivity contribution < 1.29 is 8.42 Å². The fourth-order valence-electron chi connectivity index (χ4n) is 2.39. The van der Waals surface area contributed by atoms with Crippen molar-refractivity contribution in [3.63, 3.8) is 0 Å². The molecular formula is C11H21N5O2S. The maximum atomic E-state index is 11.3. The Labute approximate surface area is 114 Å². The van der Waals surface area contributed by atoms with Crippen LogP contribution in [0.15, 0.2) is 0 Å². The number of nitrogens with zero attached hydrogens (tertiary/aromatic N) is 4. The van der Waals surface area contributed by atoms with Gasteiger partial charge in [0.25, 0.3) is 0 Å². The normalized spacial score (nSPS) is 21.7. The van der Waals surface area contributed by atoms with Crippen LogP contribution >= 0.6 is 0 Å². The number of piperidine rings is 1. The average molecular weight is 287 g/mol. The third-order valence-electron chi connectivity index (χ3n) is 3.43. The fraction of sp³-hybridized carbons (Fsp3) is 0.818. The molecule has 0 aliphatic carbocycles. The molecule has 0 spiro atoms. The molecule has 1 fully saturated rings. The minimum atomic E-state index is -3.13. The number of hydrogen-bond acceptors (Lipinski definition) is 5. The van der Waals surface area contributed by atoms with E-state index in [4.69, 9.17) is 0 Å². The lowest BCUT2D eigenvalue weighted by molar-refractivity contribution is 0.188. The molecule has 1 unspecified atom stereocenters. The van der Waals surface area contributed by atoms with Crippen molar-refractivity contribution in [3.8, 4) is 0 Å². The number of hydrogen-bond donors (Lipinski definition) is 1. The smallest absolute Gasteiger partial charge is 0.208 e. The van der Waals surface area contributed by atoms with Crippen LogP contribution in [0.5, 0.6) is 0 Å². The van der Waals surface area contributed by atoms with Gasteiger partial charge in [-0.15, -0.1) is 10.2 Å². The van der Waals surface area contributed by atoms with Gasteiger partial charge in [0.05, 0.1) is 12.8 Å². The molecule has 0 amide bonds. The second-order valence-corrected chi connectivity index (χ2v) is 6.97. The van der Waals surface area contributed by atoms with E-state index in [0.29, 0.717) is 6.54 Å². The summed E-state index contributed by atoms with van der Waals surface area (Å²) >= 11 is 0. The highest BCUT2D eigenvalue weighted by Crippen LogP contribution is 2.13. The van der Waals surface area contributed by atoms with Crippen molar-refractivity contribution in [1.29, 1.82) is 0 Å². The van der Waals surface area contributed by atoms with Crippen molar-refractivity contribution in [2.75, 3.05) is 19.3 Å². The predicted octanol–water partition coefficient (Wildman–Crippen LogP) is -0.363. The molecule has 8 heteroatoms. The molecule has 108 valence electrons. The molecule has 2 heterocycles. The third-order valence-corrected chi connectivity index (χ3v) is 4.20. The molecule has 1 aliphatic heterocycles. The summed E-state index contributed by atoms with van der Waals surface area (Å²) < 4.78 is 27.2. The Balaban J connectivity index is 1.96. The van der Waals surface area contributed by atoms with Crippen molar-refractivity contribution in [2.24, 2.45) is 7.05 Å². The van der Waals surface area contributed by atoms with Crippen molar-refractivity contribution in [2.45, 2.75) is 32.4 Å². The van der Waals surface area contributed by atoms with Crippen LogP contribution in [0.25, 0.3) is 0 Å². The van der Waals surface area contributed by atoms with Gasteiger partial charge >= 0.3 is 0 Å². The summed E-state index contributed by atoms with van der Waals surface area (Å²) in [5, 5.41) is 8.18. The van der Waals surface area contributed by atoms with Gasteiger partial charge in [-0.25, -0.2) is 13.1 Å². The van der Waals surface area contributed by atoms with Crippen molar-refractivity contribution in [1.82, 2.24) is 24.4 Å². The molecule has 2 rings (SSSR count). The molecule has 1 saturated heterocycles. The second-order valence-electron chi connectivity index (χ2n) is 5.19. The van der Waals surface area contributed by atoms with Gasteiger partial charge < -0.3 is 4.57 Å². The highest BCUT2D eigenvalue weighted by Gasteiger charge is 2.23. The number of nitrogens with one attached hydrogen (secondary N) is 1. The van der Waals surface area contributed by atoms with Crippen LogP contribution < -0.4 is 4.72 Å². The summed E-state index contributed by atoms with van der Waals surface area (Å²) in [6, 6.07) is -0.00178. The van der Waals surface area contributed by atoms with Crippen molar-refractivity contribution >= 4 is 10.0 Å². The van der Waals surface area contributed by atoms with Crippen LogP contribution in [0.4, 0.5) is 0 Å². The molecule has 1 atom stereocenters. The van der Waals surface area contributed by atoms with Crippen LogP contribution in [0, 0.1) is 6.92 Å².